The van der Waals surface area contributed by atoms with Gasteiger partial charge in [0.15, 0.2) is 0 Å². The van der Waals surface area contributed by atoms with Gasteiger partial charge in [0, 0.05) is 5.56 Å². The third-order valence-electron chi connectivity index (χ3n) is 1.52. The van der Waals surface area contributed by atoms with Crippen LogP contribution in [0.5, 0.6) is 0 Å². The summed E-state index contributed by atoms with van der Waals surface area (Å²) in [4.78, 5) is 11.1. The van der Waals surface area contributed by atoms with Crippen molar-refractivity contribution < 1.29 is 9.28 Å². The van der Waals surface area contributed by atoms with E-state index in [0.29, 0.717) is 5.56 Å². The maximum absolute atomic E-state index is 12.7. The van der Waals surface area contributed by atoms with Crippen LogP contribution in [0.4, 0.5) is 4.48 Å². The predicted octanol–water partition coefficient (Wildman–Crippen LogP) is 2.03. The zero-order chi connectivity index (χ0) is 8.97. The molecule has 0 unspecified atom stereocenters. The number of hydrogen-bond donors (Lipinski definition) is 0. The summed E-state index contributed by atoms with van der Waals surface area (Å²) in [5.41, 5.74) is 0.377. The zero-order valence-corrected chi connectivity index (χ0v) is 6.83. The normalized spacial score (nSPS) is 9.50. The summed E-state index contributed by atoms with van der Waals surface area (Å²) in [6, 6.07) is 8.37. The van der Waals surface area contributed by atoms with E-state index in [9.17, 15) is 9.28 Å². The van der Waals surface area contributed by atoms with E-state index in [1.54, 1.807) is 37.3 Å². The Bertz CT molecular complexity index is 260. The summed E-state index contributed by atoms with van der Waals surface area (Å²) in [6.45, 7) is 1.66. The van der Waals surface area contributed by atoms with Gasteiger partial charge in [-0.3, -0.25) is 4.79 Å². The van der Waals surface area contributed by atoms with Crippen LogP contribution in [0.25, 0.3) is 0 Å². The molecule has 0 aliphatic heterocycles. The second-order valence-electron chi connectivity index (χ2n) is 2.35. The molecule has 0 spiro atoms. The molecule has 0 saturated carbocycles. The highest BCUT2D eigenvalue weighted by Crippen LogP contribution is 2.03. The van der Waals surface area contributed by atoms with E-state index in [-0.39, 0.29) is 11.7 Å². The molecule has 3 heteroatoms. The van der Waals surface area contributed by atoms with Gasteiger partial charge in [-0.05, 0) is 19.1 Å². The number of amides is 1. The Morgan fingerprint density at radius 2 is 2.00 bits per heavy atom. The highest BCUT2D eigenvalue weighted by atomic mass is 19.2. The van der Waals surface area contributed by atoms with Crippen LogP contribution < -0.4 is 0 Å². The van der Waals surface area contributed by atoms with Crippen molar-refractivity contribution in [1.82, 2.24) is 5.12 Å². The van der Waals surface area contributed by atoms with Gasteiger partial charge in [-0.1, -0.05) is 22.7 Å². The fraction of sp³-hybridized carbons (Fsp3) is 0.222. The van der Waals surface area contributed by atoms with Crippen LogP contribution in [0.3, 0.4) is 0 Å². The van der Waals surface area contributed by atoms with Gasteiger partial charge in [0.1, 0.15) is 0 Å². The van der Waals surface area contributed by atoms with Gasteiger partial charge >= 0.3 is 0 Å². The number of carbonyl (C=O) groups excluding carboxylic acids is 1. The number of carbonyl (C=O) groups is 1. The third kappa shape index (κ3) is 1.81. The lowest BCUT2D eigenvalue weighted by Gasteiger charge is -2.07. The number of rotatable bonds is 2. The largest absolute Gasteiger partial charge is 0.281 e. The second-order valence-corrected chi connectivity index (χ2v) is 2.35. The molecule has 64 valence electrons. The van der Waals surface area contributed by atoms with Crippen LogP contribution in [0, 0.1) is 0 Å². The molecule has 1 aromatic rings. The van der Waals surface area contributed by atoms with Gasteiger partial charge in [-0.2, -0.15) is 5.12 Å². The molecule has 0 heterocycles. The Kier molecular flexibility index (Phi) is 2.80. The van der Waals surface area contributed by atoms with Crippen molar-refractivity contribution in [2.75, 3.05) is 6.54 Å². The van der Waals surface area contributed by atoms with Gasteiger partial charge in [0.25, 0.3) is 5.91 Å². The Hall–Kier alpha value is -1.38. The Balaban J connectivity index is 2.79. The van der Waals surface area contributed by atoms with Gasteiger partial charge in [-0.15, -0.1) is 0 Å². The molecule has 12 heavy (non-hydrogen) atoms. The van der Waals surface area contributed by atoms with E-state index in [4.69, 9.17) is 0 Å². The van der Waals surface area contributed by atoms with Crippen LogP contribution in [0.1, 0.15) is 17.3 Å². The van der Waals surface area contributed by atoms with Crippen molar-refractivity contribution in [1.29, 1.82) is 0 Å². The van der Waals surface area contributed by atoms with Crippen molar-refractivity contribution in [2.24, 2.45) is 0 Å². The summed E-state index contributed by atoms with van der Waals surface area (Å²) in [6.07, 6.45) is 0. The maximum Gasteiger partial charge on any atom is 0.281 e. The summed E-state index contributed by atoms with van der Waals surface area (Å²) in [7, 11) is 0. The topological polar surface area (TPSA) is 20.3 Å². The van der Waals surface area contributed by atoms with Gasteiger partial charge in [0.2, 0.25) is 0 Å². The minimum Gasteiger partial charge on any atom is -0.266 e. The van der Waals surface area contributed by atoms with Crippen molar-refractivity contribution in [3.63, 3.8) is 0 Å². The third-order valence-corrected chi connectivity index (χ3v) is 1.52. The predicted molar refractivity (Wildman–Crippen MR) is 44.3 cm³/mol. The molecule has 0 atom stereocenters. The van der Waals surface area contributed by atoms with E-state index < -0.39 is 5.91 Å². The van der Waals surface area contributed by atoms with Gasteiger partial charge in [-0.25, -0.2) is 0 Å². The summed E-state index contributed by atoms with van der Waals surface area (Å²) in [5.74, 6) is -0.585. The molecule has 0 saturated heterocycles. The first-order valence-electron chi connectivity index (χ1n) is 3.78. The molecule has 0 radical (unpaired) electrons. The smallest absolute Gasteiger partial charge is 0.266 e. The molecule has 1 aromatic carbocycles. The minimum absolute atomic E-state index is 0.0771. The summed E-state index contributed by atoms with van der Waals surface area (Å²) < 4.78 is 12.7. The SMILES string of the molecule is CCN(F)C(=O)c1ccccc1. The average Bonchev–Trinajstić information content (AvgIpc) is 2.17. The van der Waals surface area contributed by atoms with Gasteiger partial charge < -0.3 is 0 Å². The fourth-order valence-corrected chi connectivity index (χ4v) is 0.864. The van der Waals surface area contributed by atoms with E-state index >= 15 is 0 Å². The van der Waals surface area contributed by atoms with E-state index in [0.717, 1.165) is 0 Å². The van der Waals surface area contributed by atoms with E-state index in [1.807, 2.05) is 0 Å². The quantitative estimate of drug-likeness (QED) is 0.617. The summed E-state index contributed by atoms with van der Waals surface area (Å²) in [5, 5.41) is 0.190. The monoisotopic (exact) mass is 167 g/mol. The number of halogens is 1. The zero-order valence-electron chi connectivity index (χ0n) is 6.83. The van der Waals surface area contributed by atoms with E-state index in [2.05, 4.69) is 0 Å². The Labute approximate surface area is 70.5 Å². The van der Waals surface area contributed by atoms with Crippen LogP contribution in [0.2, 0.25) is 0 Å². The molecule has 1 amide bonds. The molecule has 0 aromatic heterocycles. The first-order valence-corrected chi connectivity index (χ1v) is 3.78. The van der Waals surface area contributed by atoms with Crippen molar-refractivity contribution in [3.8, 4) is 0 Å². The average molecular weight is 167 g/mol. The van der Waals surface area contributed by atoms with Crippen LogP contribution in [0.15, 0.2) is 30.3 Å². The molecule has 0 N–H and O–H groups in total. The number of benzene rings is 1. The van der Waals surface area contributed by atoms with Gasteiger partial charge in [0.05, 0.1) is 6.54 Å². The number of hydrogen-bond acceptors (Lipinski definition) is 1. The van der Waals surface area contributed by atoms with Crippen LogP contribution in [-0.2, 0) is 0 Å². The lowest BCUT2D eigenvalue weighted by molar-refractivity contribution is 0.0227. The molecular weight excluding hydrogens is 157 g/mol. The van der Waals surface area contributed by atoms with Crippen molar-refractivity contribution >= 4 is 5.91 Å². The summed E-state index contributed by atoms with van der Waals surface area (Å²) >= 11 is 0. The lowest BCUT2D eigenvalue weighted by Crippen LogP contribution is -2.21. The fourth-order valence-electron chi connectivity index (χ4n) is 0.864. The van der Waals surface area contributed by atoms with E-state index in [1.165, 1.54) is 0 Å². The standard InChI is InChI=1S/C9H10FNO/c1-2-11(10)9(12)8-6-4-3-5-7-8/h3-7H,2H2,1H3. The minimum atomic E-state index is -0.585. The first kappa shape index (κ1) is 8.71. The highest BCUT2D eigenvalue weighted by molar-refractivity contribution is 5.93. The molecule has 0 bridgehead atoms. The van der Waals surface area contributed by atoms with Crippen LogP contribution >= 0.6 is 0 Å². The molecule has 1 rings (SSSR count). The highest BCUT2D eigenvalue weighted by Gasteiger charge is 2.11. The van der Waals surface area contributed by atoms with Crippen molar-refractivity contribution in [2.45, 2.75) is 6.92 Å². The van der Waals surface area contributed by atoms with Crippen LogP contribution in [-0.4, -0.2) is 17.6 Å². The molecular formula is C9H10FNO. The molecule has 0 fully saturated rings. The maximum atomic E-state index is 12.7. The molecule has 0 aliphatic carbocycles. The lowest BCUT2D eigenvalue weighted by atomic mass is 10.2. The number of nitrogens with zero attached hydrogens (tertiary/aromatic N) is 1. The van der Waals surface area contributed by atoms with Crippen molar-refractivity contribution in [3.05, 3.63) is 35.9 Å². The molecule has 0 aliphatic rings. The first-order chi connectivity index (χ1) is 5.75. The Morgan fingerprint density at radius 3 is 2.50 bits per heavy atom. The second kappa shape index (κ2) is 3.85. The Morgan fingerprint density at radius 1 is 1.42 bits per heavy atom. The molecule has 2 nitrogen and oxygen atoms in total.